The maximum atomic E-state index is 9.14. The molecule has 0 saturated carbocycles. The largest absolute Gasteiger partial charge is 0.397 e. The molecule has 0 radical (unpaired) electrons. The minimum Gasteiger partial charge on any atom is -0.397 e. The Hall–Kier alpha value is -2.52. The van der Waals surface area contributed by atoms with Crippen molar-refractivity contribution in [2.75, 3.05) is 11.1 Å². The number of nitrogens with two attached hydrogens (primary N) is 1. The van der Waals surface area contributed by atoms with Crippen LogP contribution in [0.2, 0.25) is 0 Å². The molecule has 0 bridgehead atoms. The first-order chi connectivity index (χ1) is 9.67. The molecule has 5 nitrogen and oxygen atoms in total. The molecular formula is C14H10BrN5. The summed E-state index contributed by atoms with van der Waals surface area (Å²) in [5.41, 5.74) is 9.50. The normalized spacial score (nSPS) is 10.4. The number of halogens is 1. The lowest BCUT2D eigenvalue weighted by Crippen LogP contribution is -1.98. The van der Waals surface area contributed by atoms with Crippen molar-refractivity contribution in [3.05, 3.63) is 46.6 Å². The van der Waals surface area contributed by atoms with Crippen LogP contribution in [0.15, 0.2) is 41.0 Å². The van der Waals surface area contributed by atoms with Crippen molar-refractivity contribution in [1.82, 2.24) is 10.2 Å². The van der Waals surface area contributed by atoms with Crippen molar-refractivity contribution >= 4 is 43.9 Å². The summed E-state index contributed by atoms with van der Waals surface area (Å²) >= 11 is 3.39. The van der Waals surface area contributed by atoms with Crippen LogP contribution in [0.3, 0.4) is 0 Å². The van der Waals surface area contributed by atoms with Gasteiger partial charge >= 0.3 is 0 Å². The molecule has 0 unspecified atom stereocenters. The number of hydrogen-bond donors (Lipinski definition) is 3. The van der Waals surface area contributed by atoms with E-state index in [0.29, 0.717) is 16.9 Å². The van der Waals surface area contributed by atoms with Gasteiger partial charge in [-0.05, 0) is 30.3 Å². The predicted octanol–water partition coefficient (Wildman–Crippen LogP) is 3.52. The van der Waals surface area contributed by atoms with Crippen LogP contribution in [0.25, 0.3) is 10.9 Å². The maximum Gasteiger partial charge on any atom is 0.101 e. The zero-order valence-corrected chi connectivity index (χ0v) is 11.9. The molecule has 20 heavy (non-hydrogen) atoms. The van der Waals surface area contributed by atoms with Crippen molar-refractivity contribution in [3.63, 3.8) is 0 Å². The summed E-state index contributed by atoms with van der Waals surface area (Å²) in [7, 11) is 0. The van der Waals surface area contributed by atoms with Crippen molar-refractivity contribution in [1.29, 1.82) is 5.26 Å². The van der Waals surface area contributed by atoms with Gasteiger partial charge in [-0.2, -0.15) is 10.4 Å². The summed E-state index contributed by atoms with van der Waals surface area (Å²) < 4.78 is 0.889. The summed E-state index contributed by atoms with van der Waals surface area (Å²) in [6.07, 6.45) is 1.72. The Morgan fingerprint density at radius 1 is 1.25 bits per heavy atom. The average Bonchev–Trinajstić information content (AvgIpc) is 2.86. The number of nitrogens with zero attached hydrogens (tertiary/aromatic N) is 2. The number of nitriles is 1. The molecule has 0 spiro atoms. The zero-order chi connectivity index (χ0) is 14.1. The second kappa shape index (κ2) is 4.87. The van der Waals surface area contributed by atoms with Gasteiger partial charge in [-0.25, -0.2) is 0 Å². The molecule has 1 aromatic heterocycles. The number of aromatic nitrogens is 2. The molecule has 0 aliphatic carbocycles. The highest BCUT2D eigenvalue weighted by Gasteiger charge is 2.07. The summed E-state index contributed by atoms with van der Waals surface area (Å²) in [5, 5.41) is 20.1. The molecule has 98 valence electrons. The standard InChI is InChI=1S/C14H10BrN5/c15-10-2-1-8(6-16)12(4-10)19-14-5-13-9(3-11(14)17)7-18-20-13/h1-5,7,19H,17H2,(H,18,20). The van der Waals surface area contributed by atoms with Crippen LogP contribution in [0.4, 0.5) is 17.1 Å². The molecule has 0 aliphatic heterocycles. The number of hydrogen-bond acceptors (Lipinski definition) is 4. The van der Waals surface area contributed by atoms with E-state index >= 15 is 0 Å². The maximum absolute atomic E-state index is 9.14. The van der Waals surface area contributed by atoms with E-state index < -0.39 is 0 Å². The van der Waals surface area contributed by atoms with Crippen molar-refractivity contribution in [2.45, 2.75) is 0 Å². The van der Waals surface area contributed by atoms with E-state index in [1.165, 1.54) is 0 Å². The van der Waals surface area contributed by atoms with Gasteiger partial charge in [0.2, 0.25) is 0 Å². The molecule has 3 rings (SSSR count). The molecule has 0 aliphatic rings. The fourth-order valence-corrected chi connectivity index (χ4v) is 2.34. The van der Waals surface area contributed by atoms with Gasteiger partial charge < -0.3 is 11.1 Å². The number of rotatable bonds is 2. The van der Waals surface area contributed by atoms with Gasteiger partial charge in [0, 0.05) is 9.86 Å². The van der Waals surface area contributed by atoms with Crippen LogP contribution < -0.4 is 11.1 Å². The van der Waals surface area contributed by atoms with Crippen LogP contribution >= 0.6 is 15.9 Å². The molecular weight excluding hydrogens is 318 g/mol. The monoisotopic (exact) mass is 327 g/mol. The van der Waals surface area contributed by atoms with Crippen LogP contribution in [0, 0.1) is 11.3 Å². The smallest absolute Gasteiger partial charge is 0.101 e. The molecule has 0 atom stereocenters. The summed E-state index contributed by atoms with van der Waals surface area (Å²) in [6, 6.07) is 11.3. The van der Waals surface area contributed by atoms with E-state index in [0.717, 1.165) is 21.1 Å². The highest BCUT2D eigenvalue weighted by Crippen LogP contribution is 2.30. The Morgan fingerprint density at radius 2 is 2.10 bits per heavy atom. The lowest BCUT2D eigenvalue weighted by molar-refractivity contribution is 1.12. The third-order valence-electron chi connectivity index (χ3n) is 2.98. The highest BCUT2D eigenvalue weighted by atomic mass is 79.9. The predicted molar refractivity (Wildman–Crippen MR) is 82.6 cm³/mol. The average molecular weight is 328 g/mol. The first-order valence-electron chi connectivity index (χ1n) is 5.86. The summed E-state index contributed by atoms with van der Waals surface area (Å²) in [6.45, 7) is 0. The fourth-order valence-electron chi connectivity index (χ4n) is 1.98. The van der Waals surface area contributed by atoms with E-state index in [1.54, 1.807) is 12.3 Å². The molecule has 4 N–H and O–H groups in total. The Balaban J connectivity index is 2.07. The van der Waals surface area contributed by atoms with Gasteiger partial charge in [-0.15, -0.1) is 0 Å². The molecule has 6 heteroatoms. The first-order valence-corrected chi connectivity index (χ1v) is 6.66. The number of fused-ring (bicyclic) bond motifs is 1. The second-order valence-electron chi connectivity index (χ2n) is 4.32. The highest BCUT2D eigenvalue weighted by molar-refractivity contribution is 9.10. The lowest BCUT2D eigenvalue weighted by atomic mass is 10.1. The summed E-state index contributed by atoms with van der Waals surface area (Å²) in [5.74, 6) is 0. The molecule has 0 saturated heterocycles. The molecule has 3 aromatic rings. The van der Waals surface area contributed by atoms with E-state index in [1.807, 2.05) is 24.3 Å². The number of nitrogens with one attached hydrogen (secondary N) is 2. The molecule has 0 fully saturated rings. The number of nitrogen functional groups attached to an aromatic ring is 1. The SMILES string of the molecule is N#Cc1ccc(Br)cc1Nc1cc2[nH]ncc2cc1N. The Bertz CT molecular complexity index is 831. The Kier molecular flexibility index (Phi) is 3.05. The van der Waals surface area contributed by atoms with E-state index in [-0.39, 0.29) is 0 Å². The Labute approximate surface area is 123 Å². The fraction of sp³-hybridized carbons (Fsp3) is 0. The number of anilines is 3. The topological polar surface area (TPSA) is 90.5 Å². The zero-order valence-electron chi connectivity index (χ0n) is 10.3. The number of benzene rings is 2. The van der Waals surface area contributed by atoms with Crippen LogP contribution in [-0.2, 0) is 0 Å². The van der Waals surface area contributed by atoms with Crippen molar-refractivity contribution < 1.29 is 0 Å². The second-order valence-corrected chi connectivity index (χ2v) is 5.24. The molecule has 2 aromatic carbocycles. The number of H-pyrrole nitrogens is 1. The van der Waals surface area contributed by atoms with Gasteiger partial charge in [0.05, 0.1) is 34.3 Å². The van der Waals surface area contributed by atoms with Gasteiger partial charge in [-0.3, -0.25) is 5.10 Å². The van der Waals surface area contributed by atoms with Gasteiger partial charge in [-0.1, -0.05) is 15.9 Å². The van der Waals surface area contributed by atoms with Crippen LogP contribution in [-0.4, -0.2) is 10.2 Å². The van der Waals surface area contributed by atoms with Gasteiger partial charge in [0.15, 0.2) is 0 Å². The third kappa shape index (κ3) is 2.19. The molecule has 1 heterocycles. The van der Waals surface area contributed by atoms with E-state index in [2.05, 4.69) is 37.5 Å². The Morgan fingerprint density at radius 3 is 2.90 bits per heavy atom. The summed E-state index contributed by atoms with van der Waals surface area (Å²) in [4.78, 5) is 0. The third-order valence-corrected chi connectivity index (χ3v) is 3.47. The van der Waals surface area contributed by atoms with Crippen LogP contribution in [0.1, 0.15) is 5.56 Å². The van der Waals surface area contributed by atoms with Crippen molar-refractivity contribution in [2.24, 2.45) is 0 Å². The van der Waals surface area contributed by atoms with E-state index in [4.69, 9.17) is 11.0 Å². The molecule has 0 amide bonds. The number of aromatic amines is 1. The first kappa shape index (κ1) is 12.5. The minimum atomic E-state index is 0.553. The lowest BCUT2D eigenvalue weighted by Gasteiger charge is -2.11. The van der Waals surface area contributed by atoms with Gasteiger partial charge in [0.25, 0.3) is 0 Å². The minimum absolute atomic E-state index is 0.553. The van der Waals surface area contributed by atoms with Crippen LogP contribution in [0.5, 0.6) is 0 Å². The van der Waals surface area contributed by atoms with E-state index in [9.17, 15) is 0 Å². The van der Waals surface area contributed by atoms with Gasteiger partial charge in [0.1, 0.15) is 6.07 Å². The van der Waals surface area contributed by atoms with Crippen molar-refractivity contribution in [3.8, 4) is 6.07 Å². The quantitative estimate of drug-likeness (QED) is 0.628.